The lowest BCUT2D eigenvalue weighted by atomic mass is 9.99. The number of hydrogen-bond donors (Lipinski definition) is 1. The number of rotatable bonds is 19. The maximum Gasteiger partial charge on any atom is 0.0645 e. The second-order valence-corrected chi connectivity index (χ2v) is 29.4. The van der Waals surface area contributed by atoms with Gasteiger partial charge in [-0.15, -0.1) is 0 Å². The minimum Gasteiger partial charge on any atom is -0.355 e. The van der Waals surface area contributed by atoms with E-state index in [2.05, 4.69) is 124 Å². The molecule has 0 aliphatic heterocycles. The number of nitrogens with zero attached hydrogens (tertiary/aromatic N) is 3. The molecule has 1 N–H and O–H groups in total. The monoisotopic (exact) mass is 1770 g/mol. The lowest BCUT2D eigenvalue weighted by molar-refractivity contribution is 1.28. The number of nitrogens with one attached hydrogen (secondary N) is 1. The van der Waals surface area contributed by atoms with Gasteiger partial charge in [-0.3, -0.25) is 0 Å². The first-order valence-electron chi connectivity index (χ1n) is 50.5. The summed E-state index contributed by atoms with van der Waals surface area (Å²) in [4.78, 5) is 5.84. The zero-order chi connectivity index (χ0) is 103. The SMILES string of the molecule is [2H]c1c([2H])c(-c2c([2H])c([2H])c(-c3ccc(Br)cc3)c([2H])c2[2H])c([2H])c([2H])c1Br.[2H]c1c([2H])c(-c2c([2H])c([2H])c(-c3ccc(N(c4ccccc4)c4ccccc4)cc3)c([2H])c2[2H])c([2H])c([2H])c1Br.[2H]c1c([2H])c(-c2c([2H])c([2H])c(N(c3ccccc3)c3ccccc3-c3ccccc3)c([2H])c2[2H])c([2H])c([2H])c1-c1ccc(N(c2ccccc2)c2ccccc2)cc1.c1ccc(Nc2ccccc2-c2ccccc2)cc1. The van der Waals surface area contributed by atoms with Crippen molar-refractivity contribution in [3.8, 4) is 89.0 Å². The van der Waals surface area contributed by atoms with E-state index in [1.54, 1.807) is 53.4 Å². The predicted molar refractivity (Wildman–Crippen MR) is 526 cm³/mol. The summed E-state index contributed by atoms with van der Waals surface area (Å²) < 4.78 is 208. The van der Waals surface area contributed by atoms with E-state index in [0.29, 0.717) is 28.1 Å². The Morgan fingerprint density at radius 1 is 0.165 bits per heavy atom. The molecular weight excluding hydrogens is 1660 g/mol. The van der Waals surface area contributed by atoms with Gasteiger partial charge in [0.2, 0.25) is 0 Å². The van der Waals surface area contributed by atoms with Gasteiger partial charge in [-0.25, -0.2) is 0 Å². The molecule has 0 aromatic heterocycles. The molecule has 0 amide bonds. The first-order chi connectivity index (χ1) is 69.8. The molecule has 19 aromatic carbocycles. The summed E-state index contributed by atoms with van der Waals surface area (Å²) in [7, 11) is 0. The number of hydrogen-bond acceptors (Lipinski definition) is 4. The largest absolute Gasteiger partial charge is 0.355 e. The molecule has 0 radical (unpaired) electrons. The van der Waals surface area contributed by atoms with Gasteiger partial charge < -0.3 is 20.0 Å². The number of para-hydroxylation sites is 8. The molecule has 7 heteroatoms. The Labute approximate surface area is 770 Å². The zero-order valence-corrected chi connectivity index (χ0v) is 69.4. The van der Waals surface area contributed by atoms with E-state index < -0.39 is 72.5 Å². The first-order valence-corrected chi connectivity index (χ1v) is 40.9. The third-order valence-corrected chi connectivity index (χ3v) is 20.3. The molecule has 0 unspecified atom stereocenters. The van der Waals surface area contributed by atoms with Crippen molar-refractivity contribution in [2.75, 3.05) is 20.0 Å². The maximum atomic E-state index is 9.38. The quantitative estimate of drug-likeness (QED) is 0.0871. The van der Waals surface area contributed by atoms with Crippen molar-refractivity contribution >= 4 is 110 Å². The molecule has 0 aliphatic carbocycles. The van der Waals surface area contributed by atoms with Gasteiger partial charge in [0.25, 0.3) is 0 Å². The molecule has 121 heavy (non-hydrogen) atoms. The molecule has 0 spiro atoms. The second-order valence-electron chi connectivity index (χ2n) is 26.9. The lowest BCUT2D eigenvalue weighted by Crippen LogP contribution is -2.11. The fraction of sp³-hybridized carbons (Fsp3) is 0. The topological polar surface area (TPSA) is 21.8 Å². The smallest absolute Gasteiger partial charge is 0.0645 e. The fourth-order valence-electron chi connectivity index (χ4n) is 13.1. The van der Waals surface area contributed by atoms with Crippen LogP contribution in [0.3, 0.4) is 0 Å². The predicted octanol–water partition coefficient (Wildman–Crippen LogP) is 34.5. The van der Waals surface area contributed by atoms with Crippen LogP contribution in [-0.4, -0.2) is 0 Å². The minimum atomic E-state index is -0.478. The summed E-state index contributed by atoms with van der Waals surface area (Å²) in [6.07, 6.45) is 0. The Balaban J connectivity index is 0.000000150. The van der Waals surface area contributed by atoms with Crippen LogP contribution in [0, 0.1) is 0 Å². The summed E-state index contributed by atoms with van der Waals surface area (Å²) in [6.45, 7) is 0. The molecule has 0 atom stereocenters. The Kier molecular flexibility index (Phi) is 18.7. The van der Waals surface area contributed by atoms with Gasteiger partial charge in [-0.05, 0) is 235 Å². The molecule has 0 bridgehead atoms. The summed E-state index contributed by atoms with van der Waals surface area (Å²) in [5.74, 6) is 0. The summed E-state index contributed by atoms with van der Waals surface area (Å²) in [5.41, 5.74) is 13.1. The van der Waals surface area contributed by atoms with Crippen LogP contribution >= 0.6 is 47.8 Å². The van der Waals surface area contributed by atoms with Crippen molar-refractivity contribution in [1.82, 2.24) is 0 Å². The van der Waals surface area contributed by atoms with Crippen molar-refractivity contribution in [1.29, 1.82) is 0 Å². The van der Waals surface area contributed by atoms with E-state index in [1.165, 1.54) is 11.1 Å². The van der Waals surface area contributed by atoms with Crippen LogP contribution in [0.1, 0.15) is 32.9 Å². The van der Waals surface area contributed by atoms with Crippen LogP contribution in [0.2, 0.25) is 0 Å². The average molecular weight is 1770 g/mol. The van der Waals surface area contributed by atoms with Crippen molar-refractivity contribution < 1.29 is 32.9 Å². The van der Waals surface area contributed by atoms with E-state index in [0.717, 1.165) is 61.1 Å². The van der Waals surface area contributed by atoms with Gasteiger partial charge >= 0.3 is 0 Å². The third-order valence-electron chi connectivity index (χ3n) is 19.0. The van der Waals surface area contributed by atoms with Crippen molar-refractivity contribution in [3.05, 3.63) is 522 Å². The molecule has 0 aliphatic rings. The van der Waals surface area contributed by atoms with Crippen LogP contribution in [0.15, 0.2) is 522 Å². The molecule has 19 rings (SSSR count). The summed E-state index contributed by atoms with van der Waals surface area (Å²) in [6, 6.07) is 107. The summed E-state index contributed by atoms with van der Waals surface area (Å²) >= 11 is 9.38. The van der Waals surface area contributed by atoms with Crippen LogP contribution < -0.4 is 20.0 Å². The van der Waals surface area contributed by atoms with Crippen molar-refractivity contribution in [3.63, 3.8) is 0 Å². The van der Waals surface area contributed by atoms with Crippen molar-refractivity contribution in [2.45, 2.75) is 0 Å². The Morgan fingerprint density at radius 3 is 0.752 bits per heavy atom. The molecule has 0 saturated carbocycles. The fourth-order valence-corrected chi connectivity index (χ4v) is 13.8. The minimum absolute atomic E-state index is 0.0136. The number of benzene rings is 19. The molecule has 19 aromatic rings. The molecule has 0 fully saturated rings. The highest BCUT2D eigenvalue weighted by Crippen LogP contribution is 2.44. The molecule has 0 heterocycles. The first kappa shape index (κ1) is 56.3. The van der Waals surface area contributed by atoms with Crippen LogP contribution in [-0.2, 0) is 0 Å². The summed E-state index contributed by atoms with van der Waals surface area (Å²) in [5, 5.41) is 3.47. The molecule has 582 valence electrons. The highest BCUT2D eigenvalue weighted by molar-refractivity contribution is 9.11. The maximum absolute atomic E-state index is 9.38. The Morgan fingerprint density at radius 2 is 0.405 bits per heavy atom. The van der Waals surface area contributed by atoms with Gasteiger partial charge in [-0.1, -0.05) is 399 Å². The average Bonchev–Trinajstić information content (AvgIpc) is 0.734. The van der Waals surface area contributed by atoms with E-state index in [4.69, 9.17) is 27.4 Å². The number of halogens is 3. The van der Waals surface area contributed by atoms with Crippen LogP contribution in [0.4, 0.5) is 62.6 Å². The van der Waals surface area contributed by atoms with E-state index in [9.17, 15) is 5.48 Å². The molecular formula is C114H85Br3N4. The Bertz CT molecular complexity index is 7750. The highest BCUT2D eigenvalue weighted by Gasteiger charge is 2.19. The lowest BCUT2D eigenvalue weighted by Gasteiger charge is -2.28. The molecule has 0 saturated heterocycles. The third kappa shape index (κ3) is 20.9. The van der Waals surface area contributed by atoms with E-state index >= 15 is 0 Å². The second kappa shape index (κ2) is 40.3. The number of anilines is 11. The van der Waals surface area contributed by atoms with Gasteiger partial charge in [0, 0.05) is 81.4 Å². The van der Waals surface area contributed by atoms with Crippen molar-refractivity contribution in [2.24, 2.45) is 0 Å². The Hall–Kier alpha value is -14.2. The highest BCUT2D eigenvalue weighted by atomic mass is 79.9. The van der Waals surface area contributed by atoms with Gasteiger partial charge in [0.1, 0.15) is 0 Å². The molecule has 4 nitrogen and oxygen atoms in total. The zero-order valence-electron chi connectivity index (χ0n) is 88.6. The normalized spacial score (nSPS) is 13.4. The van der Waals surface area contributed by atoms with Gasteiger partial charge in [-0.2, -0.15) is 0 Å². The van der Waals surface area contributed by atoms with E-state index in [1.807, 2.05) is 255 Å². The van der Waals surface area contributed by atoms with Crippen LogP contribution in [0.5, 0.6) is 0 Å². The van der Waals surface area contributed by atoms with Gasteiger partial charge in [0.15, 0.2) is 0 Å². The van der Waals surface area contributed by atoms with Crippen LogP contribution in [0.25, 0.3) is 89.0 Å². The van der Waals surface area contributed by atoms with Gasteiger partial charge in [0.05, 0.1) is 38.6 Å². The van der Waals surface area contributed by atoms with E-state index in [-0.39, 0.29) is 137 Å². The standard InChI is InChI=1S/C48H36N2.C30H22BrN.C18H12Br2.C18H15N/c1-5-15-41(16-6-1)47-23-13-14-24-48(47)50(44-21-11-4-12-22-44)46-35-31-40(32-36-46)38-27-25-37(26-28-38)39-29-33-45(34-30-39)49(42-17-7-2-8-18-42)43-19-9-3-10-20-43;31-27-19-15-25(16-20-27)23-11-13-24(14-12-23)26-17-21-30(22-18-26)32(28-7-3-1-4-8-28)29-9-5-2-6-10-29;19-17-9-5-15(6-10-17)13-1-2-14(4-3-13)16-7-11-18(20)12-8-16;1-3-9-15(10-4-1)17-13-7-8-14-18(17)19-16-11-5-2-6-12-16/h1-36H;1-22H;1-12H;1-14,19H/i25D,26D,27D,28D,31D,32D,35D,36D;11D,12D,13D,14D,15D,16D,19D,20D;1D,2D,3D,4D,5D,6D,9D,10D;.